The first-order chi connectivity index (χ1) is 6.16. The topological polar surface area (TPSA) is 17.3 Å². The highest BCUT2D eigenvalue weighted by Crippen LogP contribution is 2.24. The third-order valence-electron chi connectivity index (χ3n) is 1.65. The molecule has 0 aromatic carbocycles. The molecule has 0 atom stereocenters. The Balaban J connectivity index is 0.000000671. The minimum Gasteiger partial charge on any atom is -0.336 e. The Kier molecular flexibility index (Phi) is 4.82. The van der Waals surface area contributed by atoms with Gasteiger partial charge in [-0.05, 0) is 25.3 Å². The standard InChI is InChI=1S/C9H12N2.C2H6/c1-7(2)8-5-6-11(4)9(8)10-3;1-2/h5-6H,1,3H2,2,4H3;1-2H3. The summed E-state index contributed by atoms with van der Waals surface area (Å²) in [5, 5.41) is 0. The lowest BCUT2D eigenvalue weighted by molar-refractivity contribution is 0.926. The normalized spacial score (nSPS) is 8.62. The third-order valence-corrected chi connectivity index (χ3v) is 1.65. The molecule has 2 nitrogen and oxygen atoms in total. The van der Waals surface area contributed by atoms with Gasteiger partial charge in [0.1, 0.15) is 5.82 Å². The summed E-state index contributed by atoms with van der Waals surface area (Å²) in [4.78, 5) is 3.90. The number of aryl methyl sites for hydroxylation is 1. The Bertz CT molecular complexity index is 295. The molecule has 0 fully saturated rings. The largest absolute Gasteiger partial charge is 0.336 e. The van der Waals surface area contributed by atoms with Crippen LogP contribution in [-0.4, -0.2) is 11.3 Å². The molecule has 0 saturated carbocycles. The van der Waals surface area contributed by atoms with Gasteiger partial charge in [0, 0.05) is 18.8 Å². The molecule has 0 aliphatic rings. The number of aromatic nitrogens is 1. The molecule has 72 valence electrons. The van der Waals surface area contributed by atoms with Crippen molar-refractivity contribution >= 4 is 18.1 Å². The van der Waals surface area contributed by atoms with Gasteiger partial charge in [0.05, 0.1) is 0 Å². The molecular weight excluding hydrogens is 160 g/mol. The van der Waals surface area contributed by atoms with Crippen molar-refractivity contribution < 1.29 is 0 Å². The molecule has 0 saturated heterocycles. The zero-order valence-corrected chi connectivity index (χ0v) is 8.96. The summed E-state index contributed by atoms with van der Waals surface area (Å²) in [5.74, 6) is 0.887. The Hall–Kier alpha value is -1.31. The number of allylic oxidation sites excluding steroid dienone is 1. The van der Waals surface area contributed by atoms with Crippen molar-refractivity contribution in [2.75, 3.05) is 0 Å². The Morgan fingerprint density at radius 1 is 1.46 bits per heavy atom. The molecule has 1 aromatic rings. The molecular formula is C11H18N2. The lowest BCUT2D eigenvalue weighted by Gasteiger charge is -1.99. The van der Waals surface area contributed by atoms with E-state index in [2.05, 4.69) is 18.3 Å². The van der Waals surface area contributed by atoms with Gasteiger partial charge in [-0.2, -0.15) is 0 Å². The summed E-state index contributed by atoms with van der Waals surface area (Å²) in [6.07, 6.45) is 1.95. The third kappa shape index (κ3) is 2.58. The SMILES string of the molecule is C=Nc1c(C(=C)C)ccn1C.CC. The van der Waals surface area contributed by atoms with E-state index in [9.17, 15) is 0 Å². The molecule has 0 aliphatic carbocycles. The van der Waals surface area contributed by atoms with Gasteiger partial charge < -0.3 is 4.57 Å². The molecule has 2 heteroatoms. The van der Waals surface area contributed by atoms with Crippen molar-refractivity contribution in [1.29, 1.82) is 0 Å². The second kappa shape index (κ2) is 5.36. The molecule has 13 heavy (non-hydrogen) atoms. The molecule has 0 spiro atoms. The first-order valence-electron chi connectivity index (χ1n) is 4.44. The number of rotatable bonds is 2. The zero-order chi connectivity index (χ0) is 10.4. The fraction of sp³-hybridized carbons (Fsp3) is 0.364. The average Bonchev–Trinajstić information content (AvgIpc) is 2.50. The van der Waals surface area contributed by atoms with Crippen LogP contribution in [0.15, 0.2) is 23.8 Å². The van der Waals surface area contributed by atoms with E-state index in [4.69, 9.17) is 0 Å². The van der Waals surface area contributed by atoms with Crippen LogP contribution in [0.4, 0.5) is 5.82 Å². The minimum atomic E-state index is 0.887. The van der Waals surface area contributed by atoms with Gasteiger partial charge in [0.25, 0.3) is 0 Å². The summed E-state index contributed by atoms with van der Waals surface area (Å²) in [7, 11) is 1.94. The fourth-order valence-electron chi connectivity index (χ4n) is 1.05. The predicted octanol–water partition coefficient (Wildman–Crippen LogP) is 3.42. The molecule has 0 N–H and O–H groups in total. The average molecular weight is 178 g/mol. The first kappa shape index (κ1) is 11.7. The quantitative estimate of drug-likeness (QED) is 0.617. The molecule has 0 radical (unpaired) electrons. The molecule has 0 bridgehead atoms. The van der Waals surface area contributed by atoms with E-state index >= 15 is 0 Å². The van der Waals surface area contributed by atoms with Crippen molar-refractivity contribution in [3.05, 3.63) is 24.4 Å². The number of hydrogen-bond donors (Lipinski definition) is 0. The molecule has 1 rings (SSSR count). The van der Waals surface area contributed by atoms with E-state index in [1.807, 2.05) is 44.6 Å². The Labute approximate surface area is 80.6 Å². The van der Waals surface area contributed by atoms with Crippen molar-refractivity contribution in [2.45, 2.75) is 20.8 Å². The van der Waals surface area contributed by atoms with Crippen LogP contribution in [0.2, 0.25) is 0 Å². The van der Waals surface area contributed by atoms with Gasteiger partial charge >= 0.3 is 0 Å². The maximum absolute atomic E-state index is 3.90. The van der Waals surface area contributed by atoms with E-state index < -0.39 is 0 Å². The minimum absolute atomic E-state index is 0.887. The van der Waals surface area contributed by atoms with Crippen LogP contribution in [0.3, 0.4) is 0 Å². The van der Waals surface area contributed by atoms with Crippen molar-refractivity contribution in [3.63, 3.8) is 0 Å². The van der Waals surface area contributed by atoms with Gasteiger partial charge in [-0.1, -0.05) is 20.4 Å². The second-order valence-corrected chi connectivity index (χ2v) is 2.60. The first-order valence-corrected chi connectivity index (χ1v) is 4.44. The molecule has 0 unspecified atom stereocenters. The maximum Gasteiger partial charge on any atom is 0.139 e. The van der Waals surface area contributed by atoms with Crippen LogP contribution < -0.4 is 0 Å². The zero-order valence-electron chi connectivity index (χ0n) is 8.96. The van der Waals surface area contributed by atoms with E-state index in [1.165, 1.54) is 0 Å². The van der Waals surface area contributed by atoms with Gasteiger partial charge in [0.15, 0.2) is 0 Å². The summed E-state index contributed by atoms with van der Waals surface area (Å²) in [5.41, 5.74) is 2.09. The number of hydrogen-bond acceptors (Lipinski definition) is 1. The Morgan fingerprint density at radius 2 is 2.00 bits per heavy atom. The lowest BCUT2D eigenvalue weighted by Crippen LogP contribution is -1.83. The molecule has 1 aromatic heterocycles. The monoisotopic (exact) mass is 178 g/mol. The van der Waals surface area contributed by atoms with Gasteiger partial charge in [0.2, 0.25) is 0 Å². The molecule has 0 aliphatic heterocycles. The summed E-state index contributed by atoms with van der Waals surface area (Å²) in [6.45, 7) is 13.3. The highest BCUT2D eigenvalue weighted by Gasteiger charge is 2.03. The van der Waals surface area contributed by atoms with Crippen LogP contribution in [0.5, 0.6) is 0 Å². The smallest absolute Gasteiger partial charge is 0.139 e. The molecule has 1 heterocycles. The predicted molar refractivity (Wildman–Crippen MR) is 60.7 cm³/mol. The van der Waals surface area contributed by atoms with Crippen molar-refractivity contribution in [1.82, 2.24) is 4.57 Å². The maximum atomic E-state index is 3.90. The van der Waals surface area contributed by atoms with E-state index in [0.29, 0.717) is 0 Å². The van der Waals surface area contributed by atoms with Crippen molar-refractivity contribution in [2.24, 2.45) is 12.0 Å². The van der Waals surface area contributed by atoms with Crippen LogP contribution in [0.1, 0.15) is 26.3 Å². The van der Waals surface area contributed by atoms with Crippen LogP contribution in [-0.2, 0) is 7.05 Å². The van der Waals surface area contributed by atoms with Gasteiger partial charge in [-0.3, -0.25) is 0 Å². The van der Waals surface area contributed by atoms with Gasteiger partial charge in [-0.15, -0.1) is 0 Å². The van der Waals surface area contributed by atoms with Crippen LogP contribution in [0, 0.1) is 0 Å². The Morgan fingerprint density at radius 3 is 2.31 bits per heavy atom. The second-order valence-electron chi connectivity index (χ2n) is 2.60. The summed E-state index contributed by atoms with van der Waals surface area (Å²) in [6, 6.07) is 1.99. The van der Waals surface area contributed by atoms with E-state index in [1.54, 1.807) is 0 Å². The van der Waals surface area contributed by atoms with E-state index in [-0.39, 0.29) is 0 Å². The summed E-state index contributed by atoms with van der Waals surface area (Å²) >= 11 is 0. The number of aliphatic imine (C=N–C) groups is 1. The van der Waals surface area contributed by atoms with Crippen LogP contribution >= 0.6 is 0 Å². The molecule has 0 amide bonds. The highest BCUT2D eigenvalue weighted by molar-refractivity contribution is 5.71. The van der Waals surface area contributed by atoms with Gasteiger partial charge in [-0.25, -0.2) is 4.99 Å². The van der Waals surface area contributed by atoms with Crippen molar-refractivity contribution in [3.8, 4) is 0 Å². The highest BCUT2D eigenvalue weighted by atomic mass is 15.0. The van der Waals surface area contributed by atoms with E-state index in [0.717, 1.165) is 17.0 Å². The lowest BCUT2D eigenvalue weighted by atomic mass is 10.2. The number of nitrogens with zero attached hydrogens (tertiary/aromatic N) is 2. The van der Waals surface area contributed by atoms with Crippen LogP contribution in [0.25, 0.3) is 5.57 Å². The fourth-order valence-corrected chi connectivity index (χ4v) is 1.05. The summed E-state index contributed by atoms with van der Waals surface area (Å²) < 4.78 is 1.93.